The van der Waals surface area contributed by atoms with Crippen molar-refractivity contribution in [3.05, 3.63) is 39.9 Å². The lowest BCUT2D eigenvalue weighted by Crippen LogP contribution is -1.95. The Labute approximate surface area is 104 Å². The molecule has 1 aromatic carbocycles. The fourth-order valence-corrected chi connectivity index (χ4v) is 1.74. The van der Waals surface area contributed by atoms with Crippen LogP contribution in [0.15, 0.2) is 29.9 Å². The summed E-state index contributed by atoms with van der Waals surface area (Å²) in [7, 11) is 0. The van der Waals surface area contributed by atoms with Gasteiger partial charge in [-0.2, -0.15) is 5.10 Å². The van der Waals surface area contributed by atoms with Gasteiger partial charge in [-0.1, -0.05) is 41.4 Å². The molecule has 0 saturated carbocycles. The molecule has 0 fully saturated rings. The summed E-state index contributed by atoms with van der Waals surface area (Å²) in [5.41, 5.74) is 4.02. The van der Waals surface area contributed by atoms with Crippen LogP contribution >= 0.6 is 34.8 Å². The van der Waals surface area contributed by atoms with Gasteiger partial charge in [0.25, 0.3) is 0 Å². The van der Waals surface area contributed by atoms with Crippen LogP contribution in [-0.4, -0.2) is 5.71 Å². The Hall–Kier alpha value is -0.700. The molecule has 0 atom stereocenters. The predicted octanol–water partition coefficient (Wildman–Crippen LogP) is 4.62. The Kier molecular flexibility index (Phi) is 4.45. The number of hydrogen-bond donors (Lipinski definition) is 1. The van der Waals surface area contributed by atoms with Crippen LogP contribution in [-0.2, 0) is 0 Å². The summed E-state index contributed by atoms with van der Waals surface area (Å²) in [4.78, 5) is 0. The molecule has 0 aliphatic carbocycles. The van der Waals surface area contributed by atoms with E-state index in [1.54, 1.807) is 25.1 Å². The molecular formula is C10H9Cl3N2. The van der Waals surface area contributed by atoms with Crippen molar-refractivity contribution < 1.29 is 0 Å². The molecule has 0 radical (unpaired) electrons. The fraction of sp³-hybridized carbons (Fsp3) is 0.100. The first kappa shape index (κ1) is 12.4. The Morgan fingerprint density at radius 2 is 1.87 bits per heavy atom. The van der Waals surface area contributed by atoms with Crippen LogP contribution in [0.25, 0.3) is 0 Å². The van der Waals surface area contributed by atoms with Crippen molar-refractivity contribution in [2.45, 2.75) is 6.92 Å². The van der Waals surface area contributed by atoms with Crippen molar-refractivity contribution in [1.82, 2.24) is 0 Å². The van der Waals surface area contributed by atoms with Crippen molar-refractivity contribution in [1.29, 1.82) is 0 Å². The van der Waals surface area contributed by atoms with E-state index < -0.39 is 0 Å². The lowest BCUT2D eigenvalue weighted by atomic mass is 10.3. The molecule has 2 nitrogen and oxygen atoms in total. The minimum Gasteiger partial charge on any atom is -0.275 e. The third kappa shape index (κ3) is 3.42. The lowest BCUT2D eigenvalue weighted by molar-refractivity contribution is 1.33. The number of halogens is 3. The molecular weight excluding hydrogens is 254 g/mol. The summed E-state index contributed by atoms with van der Waals surface area (Å²) in [6.45, 7) is 5.38. The normalized spacial score (nSPS) is 11.3. The van der Waals surface area contributed by atoms with Gasteiger partial charge in [-0.15, -0.1) is 0 Å². The van der Waals surface area contributed by atoms with E-state index in [1.807, 2.05) is 0 Å². The van der Waals surface area contributed by atoms with Gasteiger partial charge >= 0.3 is 0 Å². The van der Waals surface area contributed by atoms with E-state index in [1.165, 1.54) is 0 Å². The Morgan fingerprint density at radius 3 is 2.33 bits per heavy atom. The number of rotatable bonds is 3. The van der Waals surface area contributed by atoms with Crippen LogP contribution < -0.4 is 5.43 Å². The topological polar surface area (TPSA) is 24.4 Å². The van der Waals surface area contributed by atoms with E-state index in [4.69, 9.17) is 34.8 Å². The smallest absolute Gasteiger partial charge is 0.0935 e. The van der Waals surface area contributed by atoms with Gasteiger partial charge in [0.2, 0.25) is 0 Å². The second-order valence-corrected chi connectivity index (χ2v) is 4.06. The maximum Gasteiger partial charge on any atom is 0.0935 e. The Morgan fingerprint density at radius 1 is 1.33 bits per heavy atom. The monoisotopic (exact) mass is 262 g/mol. The van der Waals surface area contributed by atoms with Gasteiger partial charge in [0, 0.05) is 5.02 Å². The number of allylic oxidation sites excluding steroid dienone is 1. The number of nitrogens with zero attached hydrogens (tertiary/aromatic N) is 1. The maximum absolute atomic E-state index is 5.93. The number of hydrazone groups is 1. The first-order chi connectivity index (χ1) is 7.04. The van der Waals surface area contributed by atoms with Crippen LogP contribution in [0.4, 0.5) is 5.69 Å². The second kappa shape index (κ2) is 5.40. The molecule has 0 unspecified atom stereocenters. The summed E-state index contributed by atoms with van der Waals surface area (Å²) in [6.07, 6.45) is 1.62. The molecule has 0 amide bonds. The highest BCUT2D eigenvalue weighted by molar-refractivity contribution is 6.41. The van der Waals surface area contributed by atoms with Crippen LogP contribution in [0.5, 0.6) is 0 Å². The van der Waals surface area contributed by atoms with Crippen LogP contribution in [0.1, 0.15) is 6.92 Å². The van der Waals surface area contributed by atoms with Gasteiger partial charge in [0.1, 0.15) is 0 Å². The van der Waals surface area contributed by atoms with Crippen molar-refractivity contribution >= 4 is 46.2 Å². The molecule has 0 aromatic heterocycles. The van der Waals surface area contributed by atoms with Gasteiger partial charge < -0.3 is 0 Å². The summed E-state index contributed by atoms with van der Waals surface area (Å²) in [5, 5.41) is 5.34. The Bertz CT molecular complexity index is 390. The molecule has 1 rings (SSSR count). The van der Waals surface area contributed by atoms with Crippen LogP contribution in [0.3, 0.4) is 0 Å². The number of anilines is 1. The highest BCUT2D eigenvalue weighted by atomic mass is 35.5. The maximum atomic E-state index is 5.93. The van der Waals surface area contributed by atoms with Crippen molar-refractivity contribution in [3.63, 3.8) is 0 Å². The number of benzene rings is 1. The predicted molar refractivity (Wildman–Crippen MR) is 68.4 cm³/mol. The van der Waals surface area contributed by atoms with Gasteiger partial charge in [-0.3, -0.25) is 5.43 Å². The molecule has 0 bridgehead atoms. The molecule has 0 spiro atoms. The van der Waals surface area contributed by atoms with Crippen LogP contribution in [0.2, 0.25) is 15.1 Å². The van der Waals surface area contributed by atoms with E-state index in [-0.39, 0.29) is 0 Å². The number of hydrogen-bond acceptors (Lipinski definition) is 2. The quantitative estimate of drug-likeness (QED) is 0.624. The molecule has 80 valence electrons. The fourth-order valence-electron chi connectivity index (χ4n) is 0.839. The zero-order valence-electron chi connectivity index (χ0n) is 8.02. The molecule has 5 heteroatoms. The van der Waals surface area contributed by atoms with Crippen molar-refractivity contribution in [2.75, 3.05) is 5.43 Å². The minimum absolute atomic E-state index is 0.424. The van der Waals surface area contributed by atoms with Gasteiger partial charge in [-0.25, -0.2) is 0 Å². The van der Waals surface area contributed by atoms with Crippen LogP contribution in [0, 0.1) is 0 Å². The van der Waals surface area contributed by atoms with Crippen molar-refractivity contribution in [3.8, 4) is 0 Å². The molecule has 0 aliphatic heterocycles. The SMILES string of the molecule is C=C/C(C)=N/Nc1c(Cl)cc(Cl)cc1Cl. The summed E-state index contributed by atoms with van der Waals surface area (Å²) in [5.74, 6) is 0. The second-order valence-electron chi connectivity index (χ2n) is 2.81. The number of nitrogens with one attached hydrogen (secondary N) is 1. The molecule has 0 aliphatic rings. The molecule has 0 heterocycles. The lowest BCUT2D eigenvalue weighted by Gasteiger charge is -2.06. The highest BCUT2D eigenvalue weighted by Gasteiger charge is 2.06. The average Bonchev–Trinajstić information content (AvgIpc) is 2.15. The minimum atomic E-state index is 0.424. The van der Waals surface area contributed by atoms with E-state index >= 15 is 0 Å². The van der Waals surface area contributed by atoms with E-state index in [2.05, 4.69) is 17.1 Å². The van der Waals surface area contributed by atoms with E-state index in [0.717, 1.165) is 5.71 Å². The largest absolute Gasteiger partial charge is 0.275 e. The molecule has 1 N–H and O–H groups in total. The molecule has 1 aromatic rings. The van der Waals surface area contributed by atoms with E-state index in [0.29, 0.717) is 20.8 Å². The first-order valence-electron chi connectivity index (χ1n) is 4.12. The summed E-state index contributed by atoms with van der Waals surface area (Å²) < 4.78 is 0. The molecule has 0 saturated heterocycles. The third-order valence-electron chi connectivity index (χ3n) is 1.65. The standard InChI is InChI=1S/C10H9Cl3N2/c1-3-6(2)14-15-10-8(12)4-7(11)5-9(10)13/h3-5,15H,1H2,2H3/b14-6+. The Balaban J connectivity index is 3.00. The third-order valence-corrected chi connectivity index (χ3v) is 2.46. The van der Waals surface area contributed by atoms with Crippen molar-refractivity contribution in [2.24, 2.45) is 5.10 Å². The zero-order chi connectivity index (χ0) is 11.4. The first-order valence-corrected chi connectivity index (χ1v) is 5.25. The van der Waals surface area contributed by atoms with Gasteiger partial charge in [0.05, 0.1) is 21.4 Å². The van der Waals surface area contributed by atoms with E-state index in [9.17, 15) is 0 Å². The summed E-state index contributed by atoms with van der Waals surface area (Å²) >= 11 is 17.6. The summed E-state index contributed by atoms with van der Waals surface area (Å²) in [6, 6.07) is 3.19. The molecule has 15 heavy (non-hydrogen) atoms. The van der Waals surface area contributed by atoms with Gasteiger partial charge in [-0.05, 0) is 25.1 Å². The highest BCUT2D eigenvalue weighted by Crippen LogP contribution is 2.33. The van der Waals surface area contributed by atoms with Gasteiger partial charge in [0.15, 0.2) is 0 Å². The zero-order valence-corrected chi connectivity index (χ0v) is 10.3. The average molecular weight is 264 g/mol.